The van der Waals surface area contributed by atoms with E-state index in [0.717, 1.165) is 24.5 Å². The molecular formula is C10H16ClNO. The number of nitrogens with one attached hydrogen (secondary N) is 1. The Labute approximate surface area is 85.1 Å². The lowest BCUT2D eigenvalue weighted by molar-refractivity contribution is 0.420. The smallest absolute Gasteiger partial charge is 0.121 e. The molecule has 0 aliphatic carbocycles. The van der Waals surface area contributed by atoms with Crippen LogP contribution in [0.15, 0.2) is 16.5 Å². The molecule has 3 heteroatoms. The van der Waals surface area contributed by atoms with Crippen LogP contribution in [0.5, 0.6) is 0 Å². The van der Waals surface area contributed by atoms with E-state index in [4.69, 9.17) is 4.42 Å². The fraction of sp³-hybridized carbons (Fsp3) is 0.600. The van der Waals surface area contributed by atoms with Gasteiger partial charge in [0.1, 0.15) is 11.5 Å². The largest absolute Gasteiger partial charge is 0.464 e. The SMILES string of the molecule is CCc1ccc([C@H]2CCCN2)o1.Cl. The number of aryl methyl sites for hydroxylation is 1. The highest BCUT2D eigenvalue weighted by atomic mass is 35.5. The van der Waals surface area contributed by atoms with Gasteiger partial charge in [0.25, 0.3) is 0 Å². The van der Waals surface area contributed by atoms with Crippen molar-refractivity contribution in [2.24, 2.45) is 0 Å². The van der Waals surface area contributed by atoms with E-state index in [-0.39, 0.29) is 12.4 Å². The van der Waals surface area contributed by atoms with E-state index >= 15 is 0 Å². The van der Waals surface area contributed by atoms with Crippen LogP contribution in [-0.4, -0.2) is 6.54 Å². The monoisotopic (exact) mass is 201 g/mol. The molecular weight excluding hydrogens is 186 g/mol. The van der Waals surface area contributed by atoms with Crippen LogP contribution in [0.4, 0.5) is 0 Å². The first kappa shape index (κ1) is 10.6. The maximum Gasteiger partial charge on any atom is 0.121 e. The molecule has 0 spiro atoms. The zero-order chi connectivity index (χ0) is 8.39. The van der Waals surface area contributed by atoms with Crippen molar-refractivity contribution in [1.82, 2.24) is 5.32 Å². The normalized spacial score (nSPS) is 21.5. The van der Waals surface area contributed by atoms with Gasteiger partial charge in [-0.1, -0.05) is 6.92 Å². The van der Waals surface area contributed by atoms with Gasteiger partial charge >= 0.3 is 0 Å². The van der Waals surface area contributed by atoms with Gasteiger partial charge in [-0.15, -0.1) is 12.4 Å². The Bertz CT molecular complexity index is 253. The van der Waals surface area contributed by atoms with E-state index < -0.39 is 0 Å². The van der Waals surface area contributed by atoms with E-state index in [1.165, 1.54) is 12.8 Å². The maximum absolute atomic E-state index is 5.65. The highest BCUT2D eigenvalue weighted by molar-refractivity contribution is 5.85. The molecule has 1 fully saturated rings. The lowest BCUT2D eigenvalue weighted by Gasteiger charge is -2.04. The minimum atomic E-state index is 0. The van der Waals surface area contributed by atoms with Crippen LogP contribution in [0.2, 0.25) is 0 Å². The minimum absolute atomic E-state index is 0. The molecule has 2 heterocycles. The van der Waals surface area contributed by atoms with Crippen LogP contribution in [-0.2, 0) is 6.42 Å². The Hall–Kier alpha value is -0.470. The summed E-state index contributed by atoms with van der Waals surface area (Å²) in [5.41, 5.74) is 0. The number of furan rings is 1. The van der Waals surface area contributed by atoms with Gasteiger partial charge in [-0.2, -0.15) is 0 Å². The third-order valence-corrected chi connectivity index (χ3v) is 2.43. The van der Waals surface area contributed by atoms with Crippen molar-refractivity contribution < 1.29 is 4.42 Å². The molecule has 0 saturated carbocycles. The summed E-state index contributed by atoms with van der Waals surface area (Å²) in [7, 11) is 0. The molecule has 1 aliphatic heterocycles. The molecule has 1 aromatic heterocycles. The van der Waals surface area contributed by atoms with E-state index in [9.17, 15) is 0 Å². The van der Waals surface area contributed by atoms with Crippen LogP contribution in [0.3, 0.4) is 0 Å². The Morgan fingerprint density at radius 1 is 1.54 bits per heavy atom. The molecule has 0 aromatic carbocycles. The van der Waals surface area contributed by atoms with E-state index in [1.807, 2.05) is 0 Å². The molecule has 2 nitrogen and oxygen atoms in total. The molecule has 1 atom stereocenters. The highest BCUT2D eigenvalue weighted by Crippen LogP contribution is 2.24. The Balaban J connectivity index is 0.000000845. The third-order valence-electron chi connectivity index (χ3n) is 2.43. The molecule has 74 valence electrons. The summed E-state index contributed by atoms with van der Waals surface area (Å²) in [6, 6.07) is 4.65. The standard InChI is InChI=1S/C10H15NO.ClH/c1-2-8-5-6-10(12-8)9-4-3-7-11-9;/h5-6,9,11H,2-4,7H2,1H3;1H/t9-;/m1./s1. The minimum Gasteiger partial charge on any atom is -0.464 e. The molecule has 2 rings (SSSR count). The Morgan fingerprint density at radius 3 is 2.92 bits per heavy atom. The molecule has 1 N–H and O–H groups in total. The first-order valence-corrected chi connectivity index (χ1v) is 4.72. The zero-order valence-corrected chi connectivity index (χ0v) is 8.69. The van der Waals surface area contributed by atoms with Crippen molar-refractivity contribution in [3.8, 4) is 0 Å². The second-order valence-electron chi connectivity index (χ2n) is 3.31. The fourth-order valence-electron chi connectivity index (χ4n) is 1.70. The van der Waals surface area contributed by atoms with Crippen LogP contribution in [0.1, 0.15) is 37.3 Å². The van der Waals surface area contributed by atoms with Crippen LogP contribution >= 0.6 is 12.4 Å². The fourth-order valence-corrected chi connectivity index (χ4v) is 1.70. The summed E-state index contributed by atoms with van der Waals surface area (Å²) in [6.07, 6.45) is 3.48. The van der Waals surface area contributed by atoms with E-state index in [0.29, 0.717) is 6.04 Å². The quantitative estimate of drug-likeness (QED) is 0.796. The maximum atomic E-state index is 5.65. The molecule has 0 unspecified atom stereocenters. The Kier molecular flexibility index (Phi) is 3.82. The van der Waals surface area contributed by atoms with Gasteiger partial charge in [-0.05, 0) is 31.5 Å². The van der Waals surface area contributed by atoms with Gasteiger partial charge in [-0.3, -0.25) is 0 Å². The van der Waals surface area contributed by atoms with Crippen LogP contribution in [0.25, 0.3) is 0 Å². The number of hydrogen-bond acceptors (Lipinski definition) is 2. The molecule has 0 bridgehead atoms. The molecule has 1 aliphatic rings. The highest BCUT2D eigenvalue weighted by Gasteiger charge is 2.18. The van der Waals surface area contributed by atoms with E-state index in [2.05, 4.69) is 24.4 Å². The van der Waals surface area contributed by atoms with Gasteiger partial charge in [0, 0.05) is 6.42 Å². The van der Waals surface area contributed by atoms with Crippen molar-refractivity contribution in [2.75, 3.05) is 6.54 Å². The molecule has 13 heavy (non-hydrogen) atoms. The first-order valence-electron chi connectivity index (χ1n) is 4.72. The topological polar surface area (TPSA) is 25.2 Å². The van der Waals surface area contributed by atoms with Crippen molar-refractivity contribution in [3.63, 3.8) is 0 Å². The predicted octanol–water partition coefficient (Wildman–Crippen LogP) is 2.69. The summed E-state index contributed by atoms with van der Waals surface area (Å²) in [6.45, 7) is 3.25. The van der Waals surface area contributed by atoms with Crippen LogP contribution in [0, 0.1) is 0 Å². The number of halogens is 1. The lowest BCUT2D eigenvalue weighted by Crippen LogP contribution is -2.11. The Morgan fingerprint density at radius 2 is 2.38 bits per heavy atom. The van der Waals surface area contributed by atoms with Gasteiger partial charge in [0.2, 0.25) is 0 Å². The van der Waals surface area contributed by atoms with Gasteiger partial charge in [0.05, 0.1) is 6.04 Å². The zero-order valence-electron chi connectivity index (χ0n) is 7.88. The van der Waals surface area contributed by atoms with Crippen molar-refractivity contribution in [1.29, 1.82) is 0 Å². The molecule has 0 radical (unpaired) electrons. The average molecular weight is 202 g/mol. The third kappa shape index (κ3) is 2.26. The van der Waals surface area contributed by atoms with Crippen molar-refractivity contribution >= 4 is 12.4 Å². The lowest BCUT2D eigenvalue weighted by atomic mass is 10.2. The summed E-state index contributed by atoms with van der Waals surface area (Å²) in [5, 5.41) is 3.42. The van der Waals surface area contributed by atoms with Gasteiger partial charge in [0.15, 0.2) is 0 Å². The second kappa shape index (κ2) is 4.68. The van der Waals surface area contributed by atoms with Crippen molar-refractivity contribution in [3.05, 3.63) is 23.7 Å². The summed E-state index contributed by atoms with van der Waals surface area (Å²) < 4.78 is 5.65. The summed E-state index contributed by atoms with van der Waals surface area (Å²) in [5.74, 6) is 2.21. The number of hydrogen-bond donors (Lipinski definition) is 1. The molecule has 1 aromatic rings. The van der Waals surface area contributed by atoms with Crippen molar-refractivity contribution in [2.45, 2.75) is 32.2 Å². The molecule has 0 amide bonds. The van der Waals surface area contributed by atoms with Crippen LogP contribution < -0.4 is 5.32 Å². The van der Waals surface area contributed by atoms with Gasteiger partial charge < -0.3 is 9.73 Å². The molecule has 1 saturated heterocycles. The summed E-state index contributed by atoms with van der Waals surface area (Å²) in [4.78, 5) is 0. The van der Waals surface area contributed by atoms with E-state index in [1.54, 1.807) is 0 Å². The summed E-state index contributed by atoms with van der Waals surface area (Å²) >= 11 is 0. The second-order valence-corrected chi connectivity index (χ2v) is 3.31. The predicted molar refractivity (Wildman–Crippen MR) is 55.3 cm³/mol. The number of rotatable bonds is 2. The average Bonchev–Trinajstić information content (AvgIpc) is 2.75. The van der Waals surface area contributed by atoms with Gasteiger partial charge in [-0.25, -0.2) is 0 Å². The first-order chi connectivity index (χ1) is 5.90.